The highest BCUT2D eigenvalue weighted by Crippen LogP contribution is 2.15. The van der Waals surface area contributed by atoms with Crippen LogP contribution in [-0.2, 0) is 4.79 Å². The van der Waals surface area contributed by atoms with E-state index in [2.05, 4.69) is 10.3 Å². The van der Waals surface area contributed by atoms with Crippen LogP contribution in [-0.4, -0.2) is 17.5 Å². The third-order valence-corrected chi connectivity index (χ3v) is 2.93. The third kappa shape index (κ3) is 4.56. The minimum Gasteiger partial charge on any atom is -0.490 e. The fourth-order valence-electron chi connectivity index (χ4n) is 1.84. The average Bonchev–Trinajstić information content (AvgIpc) is 2.50. The molecule has 0 aliphatic rings. The zero-order valence-electron chi connectivity index (χ0n) is 11.8. The summed E-state index contributed by atoms with van der Waals surface area (Å²) in [5.41, 5.74) is 0.792. The van der Waals surface area contributed by atoms with Gasteiger partial charge >= 0.3 is 0 Å². The third-order valence-electron chi connectivity index (χ3n) is 2.93. The number of carbonyl (C=O) groups is 1. The van der Waals surface area contributed by atoms with Crippen LogP contribution in [0.1, 0.15) is 25.1 Å². The molecule has 0 fully saturated rings. The lowest BCUT2D eigenvalue weighted by molar-refractivity contribution is -0.122. The normalized spacial score (nSPS) is 11.7. The van der Waals surface area contributed by atoms with E-state index in [-0.39, 0.29) is 30.7 Å². The standard InChI is InChI=1S/C16H17FN2O2/c1-12(14-7-4-5-10-18-14)19-16(20)9-11-21-15-8-3-2-6-13(15)17/h2-8,10,12H,9,11H2,1H3,(H,19,20). The molecule has 1 atom stereocenters. The number of amides is 1. The van der Waals surface area contributed by atoms with Gasteiger partial charge in [-0.3, -0.25) is 9.78 Å². The molecule has 1 aromatic heterocycles. The molecule has 5 heteroatoms. The highest BCUT2D eigenvalue weighted by molar-refractivity contribution is 5.76. The van der Waals surface area contributed by atoms with E-state index < -0.39 is 5.82 Å². The number of aromatic nitrogens is 1. The first-order valence-corrected chi connectivity index (χ1v) is 6.74. The van der Waals surface area contributed by atoms with E-state index in [0.717, 1.165) is 5.69 Å². The summed E-state index contributed by atoms with van der Waals surface area (Å²) in [6.07, 6.45) is 1.84. The zero-order chi connectivity index (χ0) is 15.1. The number of hydrogen-bond donors (Lipinski definition) is 1. The van der Waals surface area contributed by atoms with E-state index in [1.54, 1.807) is 18.3 Å². The quantitative estimate of drug-likeness (QED) is 0.889. The summed E-state index contributed by atoms with van der Waals surface area (Å²) in [5.74, 6) is -0.438. The summed E-state index contributed by atoms with van der Waals surface area (Å²) in [6.45, 7) is 1.99. The minimum atomic E-state index is -0.431. The van der Waals surface area contributed by atoms with Crippen LogP contribution >= 0.6 is 0 Å². The van der Waals surface area contributed by atoms with E-state index >= 15 is 0 Å². The Labute approximate surface area is 123 Å². The molecule has 4 nitrogen and oxygen atoms in total. The second-order valence-corrected chi connectivity index (χ2v) is 4.57. The van der Waals surface area contributed by atoms with E-state index in [4.69, 9.17) is 4.74 Å². The molecule has 1 aromatic carbocycles. The van der Waals surface area contributed by atoms with Gasteiger partial charge in [-0.25, -0.2) is 4.39 Å². The number of nitrogens with zero attached hydrogens (tertiary/aromatic N) is 1. The molecule has 1 heterocycles. The SMILES string of the molecule is CC(NC(=O)CCOc1ccccc1F)c1ccccn1. The summed E-state index contributed by atoms with van der Waals surface area (Å²) in [5, 5.41) is 2.82. The first-order valence-electron chi connectivity index (χ1n) is 6.74. The predicted molar refractivity (Wildman–Crippen MR) is 77.3 cm³/mol. The molecule has 2 rings (SSSR count). The Kier molecular flexibility index (Phi) is 5.26. The maximum absolute atomic E-state index is 13.3. The van der Waals surface area contributed by atoms with Crippen LogP contribution in [0, 0.1) is 5.82 Å². The molecule has 21 heavy (non-hydrogen) atoms. The molecular weight excluding hydrogens is 271 g/mol. The van der Waals surface area contributed by atoms with Crippen LogP contribution in [0.4, 0.5) is 4.39 Å². The predicted octanol–water partition coefficient (Wildman–Crippen LogP) is 2.87. The van der Waals surface area contributed by atoms with Crippen LogP contribution < -0.4 is 10.1 Å². The van der Waals surface area contributed by atoms with Gasteiger partial charge in [0, 0.05) is 6.20 Å². The van der Waals surface area contributed by atoms with Crippen molar-refractivity contribution in [3.05, 3.63) is 60.2 Å². The van der Waals surface area contributed by atoms with Gasteiger partial charge in [0.05, 0.1) is 24.8 Å². The number of ether oxygens (including phenoxy) is 1. The van der Waals surface area contributed by atoms with Crippen molar-refractivity contribution in [2.75, 3.05) is 6.61 Å². The Morgan fingerprint density at radius 3 is 2.76 bits per heavy atom. The number of halogens is 1. The van der Waals surface area contributed by atoms with Gasteiger partial charge in [0.25, 0.3) is 0 Å². The van der Waals surface area contributed by atoms with Gasteiger partial charge in [-0.05, 0) is 31.2 Å². The molecule has 0 bridgehead atoms. The second kappa shape index (κ2) is 7.38. The van der Waals surface area contributed by atoms with Crippen molar-refractivity contribution in [2.24, 2.45) is 0 Å². The first-order chi connectivity index (χ1) is 10.2. The van der Waals surface area contributed by atoms with Crippen molar-refractivity contribution in [3.8, 4) is 5.75 Å². The molecule has 110 valence electrons. The average molecular weight is 288 g/mol. The molecule has 0 aliphatic heterocycles. The Morgan fingerprint density at radius 2 is 2.05 bits per heavy atom. The highest BCUT2D eigenvalue weighted by atomic mass is 19.1. The Morgan fingerprint density at radius 1 is 1.29 bits per heavy atom. The lowest BCUT2D eigenvalue weighted by Crippen LogP contribution is -2.28. The van der Waals surface area contributed by atoms with E-state index in [1.807, 2.05) is 25.1 Å². The molecular formula is C16H17FN2O2. The molecule has 0 radical (unpaired) electrons. The maximum atomic E-state index is 13.3. The van der Waals surface area contributed by atoms with Gasteiger partial charge in [-0.2, -0.15) is 0 Å². The van der Waals surface area contributed by atoms with E-state index in [9.17, 15) is 9.18 Å². The monoisotopic (exact) mass is 288 g/mol. The maximum Gasteiger partial charge on any atom is 0.223 e. The Balaban J connectivity index is 1.76. The number of benzene rings is 1. The number of pyridine rings is 1. The topological polar surface area (TPSA) is 51.2 Å². The smallest absolute Gasteiger partial charge is 0.223 e. The molecule has 0 saturated heterocycles. The van der Waals surface area contributed by atoms with Crippen molar-refractivity contribution in [1.29, 1.82) is 0 Å². The largest absolute Gasteiger partial charge is 0.490 e. The van der Waals surface area contributed by atoms with Crippen LogP contribution in [0.2, 0.25) is 0 Å². The second-order valence-electron chi connectivity index (χ2n) is 4.57. The fourth-order valence-corrected chi connectivity index (χ4v) is 1.84. The summed E-state index contributed by atoms with van der Waals surface area (Å²) in [6, 6.07) is 11.5. The van der Waals surface area contributed by atoms with Crippen molar-refractivity contribution < 1.29 is 13.9 Å². The molecule has 0 aliphatic carbocycles. The number of rotatable bonds is 6. The van der Waals surface area contributed by atoms with Gasteiger partial charge < -0.3 is 10.1 Å². The van der Waals surface area contributed by atoms with Gasteiger partial charge in [-0.1, -0.05) is 18.2 Å². The zero-order valence-corrected chi connectivity index (χ0v) is 11.8. The molecule has 0 saturated carbocycles. The highest BCUT2D eigenvalue weighted by Gasteiger charge is 2.10. The molecule has 1 unspecified atom stereocenters. The lowest BCUT2D eigenvalue weighted by Gasteiger charge is -2.13. The van der Waals surface area contributed by atoms with Gasteiger partial charge in [0.15, 0.2) is 11.6 Å². The Bertz CT molecular complexity index is 590. The van der Waals surface area contributed by atoms with Gasteiger partial charge in [-0.15, -0.1) is 0 Å². The lowest BCUT2D eigenvalue weighted by atomic mass is 10.2. The minimum absolute atomic E-state index is 0.127. The van der Waals surface area contributed by atoms with Crippen LogP contribution in [0.25, 0.3) is 0 Å². The molecule has 2 aromatic rings. The van der Waals surface area contributed by atoms with E-state index in [0.29, 0.717) is 0 Å². The van der Waals surface area contributed by atoms with E-state index in [1.165, 1.54) is 12.1 Å². The number of nitrogens with one attached hydrogen (secondary N) is 1. The summed E-state index contributed by atoms with van der Waals surface area (Å²) in [4.78, 5) is 16.0. The van der Waals surface area contributed by atoms with Crippen molar-refractivity contribution in [2.45, 2.75) is 19.4 Å². The number of carbonyl (C=O) groups excluding carboxylic acids is 1. The van der Waals surface area contributed by atoms with Crippen molar-refractivity contribution in [3.63, 3.8) is 0 Å². The van der Waals surface area contributed by atoms with Crippen molar-refractivity contribution >= 4 is 5.91 Å². The molecule has 1 amide bonds. The van der Waals surface area contributed by atoms with Crippen LogP contribution in [0.3, 0.4) is 0 Å². The van der Waals surface area contributed by atoms with Gasteiger partial charge in [0.2, 0.25) is 5.91 Å². The van der Waals surface area contributed by atoms with Gasteiger partial charge in [0.1, 0.15) is 0 Å². The van der Waals surface area contributed by atoms with Crippen LogP contribution in [0.5, 0.6) is 5.75 Å². The Hall–Kier alpha value is -2.43. The van der Waals surface area contributed by atoms with Crippen molar-refractivity contribution in [1.82, 2.24) is 10.3 Å². The summed E-state index contributed by atoms with van der Waals surface area (Å²) in [7, 11) is 0. The number of para-hydroxylation sites is 1. The van der Waals surface area contributed by atoms with Crippen LogP contribution in [0.15, 0.2) is 48.7 Å². The number of hydrogen-bond acceptors (Lipinski definition) is 3. The molecule has 1 N–H and O–H groups in total. The first kappa shape index (κ1) is 15.0. The summed E-state index contributed by atoms with van der Waals surface area (Å²) < 4.78 is 18.6. The fraction of sp³-hybridized carbons (Fsp3) is 0.250. The summed E-state index contributed by atoms with van der Waals surface area (Å²) >= 11 is 0. The molecule has 0 spiro atoms.